The van der Waals surface area contributed by atoms with E-state index >= 15 is 0 Å². The minimum Gasteiger partial charge on any atom is -0.508 e. The zero-order valence-corrected chi connectivity index (χ0v) is 27.9. The predicted molar refractivity (Wildman–Crippen MR) is 198 cm³/mol. The number of hydrogen-bond acceptors (Lipinski definition) is 9. The van der Waals surface area contributed by atoms with Crippen LogP contribution in [0.4, 0.5) is 17.1 Å². The third-order valence-corrected chi connectivity index (χ3v) is 9.74. The fourth-order valence-corrected chi connectivity index (χ4v) is 7.08. The number of nitrogens with one attached hydrogen (secondary N) is 3. The molecule has 0 saturated carbocycles. The molecule has 1 aliphatic rings. The molecule has 1 aliphatic heterocycles. The highest BCUT2D eigenvalue weighted by atomic mass is 16.6. The van der Waals surface area contributed by atoms with Crippen LogP contribution >= 0.6 is 0 Å². The van der Waals surface area contributed by atoms with Gasteiger partial charge in [0.2, 0.25) is 0 Å². The molecule has 6 aromatic rings. The Labute approximate surface area is 283 Å². The van der Waals surface area contributed by atoms with Crippen molar-refractivity contribution >= 4 is 60.7 Å². The lowest BCUT2D eigenvalue weighted by atomic mass is 10.0. The summed E-state index contributed by atoms with van der Waals surface area (Å²) in [4.78, 5) is 38.2. The number of nitro groups is 1. The van der Waals surface area contributed by atoms with Gasteiger partial charge in [-0.3, -0.25) is 14.9 Å². The Balaban J connectivity index is 0.913. The van der Waals surface area contributed by atoms with Crippen LogP contribution in [0.3, 0.4) is 0 Å². The molecule has 1 saturated heterocycles. The Bertz CT molecular complexity index is 2260. The van der Waals surface area contributed by atoms with Crippen LogP contribution in [-0.2, 0) is 0 Å². The van der Waals surface area contributed by atoms with Crippen LogP contribution in [0.5, 0.6) is 5.75 Å². The number of aromatic amines is 1. The molecule has 0 unspecified atom stereocenters. The number of rotatable bonds is 11. The van der Waals surface area contributed by atoms with Crippen molar-refractivity contribution in [2.75, 3.05) is 63.0 Å². The average molecular weight is 660 g/mol. The normalized spacial score (nSPS) is 14.2. The van der Waals surface area contributed by atoms with Crippen LogP contribution in [0, 0.1) is 24.0 Å². The third-order valence-electron chi connectivity index (χ3n) is 9.74. The molecule has 0 radical (unpaired) electrons. The molecule has 0 spiro atoms. The average Bonchev–Trinajstić information content (AvgIpc) is 3.10. The van der Waals surface area contributed by atoms with Crippen molar-refractivity contribution < 1.29 is 10.0 Å². The first kappa shape index (κ1) is 32.3. The molecule has 252 valence electrons. The maximum atomic E-state index is 13.4. The van der Waals surface area contributed by atoms with Crippen LogP contribution in [-0.4, -0.2) is 82.2 Å². The van der Waals surface area contributed by atoms with Gasteiger partial charge in [0.15, 0.2) is 5.43 Å². The summed E-state index contributed by atoms with van der Waals surface area (Å²) in [5.74, 6) is 0.0760. The van der Waals surface area contributed by atoms with E-state index in [9.17, 15) is 20.0 Å². The zero-order chi connectivity index (χ0) is 34.1. The number of aromatic nitrogens is 2. The van der Waals surface area contributed by atoms with Gasteiger partial charge in [0.25, 0.3) is 5.69 Å². The summed E-state index contributed by atoms with van der Waals surface area (Å²) in [5.41, 5.74) is 6.51. The number of hydrogen-bond donors (Lipinski definition) is 4. The first-order valence-corrected chi connectivity index (χ1v) is 17.0. The van der Waals surface area contributed by atoms with Crippen LogP contribution in [0.2, 0.25) is 0 Å². The number of nitro benzene ring substituents is 1. The van der Waals surface area contributed by atoms with Crippen molar-refractivity contribution in [1.82, 2.24) is 19.8 Å². The summed E-state index contributed by atoms with van der Waals surface area (Å²) < 4.78 is 0. The number of pyridine rings is 2. The van der Waals surface area contributed by atoms with Crippen LogP contribution in [0.1, 0.15) is 24.0 Å². The largest absolute Gasteiger partial charge is 0.508 e. The van der Waals surface area contributed by atoms with Gasteiger partial charge in [0.1, 0.15) is 11.1 Å². The Morgan fingerprint density at radius 3 is 2.29 bits per heavy atom. The molecule has 4 N–H and O–H groups in total. The van der Waals surface area contributed by atoms with Crippen molar-refractivity contribution in [3.05, 3.63) is 98.2 Å². The molecule has 0 atom stereocenters. The fourth-order valence-electron chi connectivity index (χ4n) is 7.08. The second-order valence-corrected chi connectivity index (χ2v) is 13.0. The molecule has 0 amide bonds. The van der Waals surface area contributed by atoms with E-state index in [2.05, 4.69) is 25.4 Å². The number of H-pyrrole nitrogens is 1. The maximum Gasteiger partial charge on any atom is 0.280 e. The van der Waals surface area contributed by atoms with Gasteiger partial charge in [0, 0.05) is 61.8 Å². The maximum absolute atomic E-state index is 13.4. The molecule has 4 aromatic carbocycles. The molecule has 1 fully saturated rings. The van der Waals surface area contributed by atoms with E-state index in [1.54, 1.807) is 24.3 Å². The molecule has 49 heavy (non-hydrogen) atoms. The number of anilines is 2. The summed E-state index contributed by atoms with van der Waals surface area (Å²) in [5, 5.41) is 31.5. The number of phenolic OH excluding ortho intramolecular Hbond substituents is 1. The van der Waals surface area contributed by atoms with Crippen LogP contribution < -0.4 is 16.1 Å². The van der Waals surface area contributed by atoms with E-state index in [1.165, 1.54) is 6.07 Å². The van der Waals surface area contributed by atoms with Gasteiger partial charge in [-0.05, 0) is 81.2 Å². The van der Waals surface area contributed by atoms with Gasteiger partial charge in [-0.1, -0.05) is 30.3 Å². The van der Waals surface area contributed by atoms with Crippen LogP contribution in [0.15, 0.2) is 71.5 Å². The molecule has 2 aromatic heterocycles. The minimum atomic E-state index is -0.320. The van der Waals surface area contributed by atoms with Crippen LogP contribution in [0.25, 0.3) is 43.6 Å². The highest BCUT2D eigenvalue weighted by molar-refractivity contribution is 6.12. The number of phenols is 1. The van der Waals surface area contributed by atoms with E-state index in [-0.39, 0.29) is 21.8 Å². The number of aryl methyl sites for hydroxylation is 2. The van der Waals surface area contributed by atoms with Crippen molar-refractivity contribution in [3.8, 4) is 5.75 Å². The number of aromatic hydroxyl groups is 1. The first-order chi connectivity index (χ1) is 23.8. The quantitative estimate of drug-likeness (QED) is 0.0529. The number of non-ortho nitro benzene ring substituents is 1. The first-order valence-electron chi connectivity index (χ1n) is 17.0. The van der Waals surface area contributed by atoms with Gasteiger partial charge in [-0.2, -0.15) is 0 Å². The molecule has 0 bridgehead atoms. The molecule has 11 heteroatoms. The van der Waals surface area contributed by atoms with Crippen molar-refractivity contribution in [2.45, 2.75) is 26.7 Å². The second-order valence-electron chi connectivity index (χ2n) is 13.0. The molecule has 0 aliphatic carbocycles. The standard InChI is InChI=1S/C38H41N7O4/c1-24-9-12-31(33-35(24)42-30-13-11-26(46)23-28(30)38(33)47)39-15-5-17-43-19-21-44(22-20-43)18-6-16-40-37-27-7-3-4-8-29(27)41-36-25(2)10-14-32(34(36)37)45(48)49/h3-4,7-14,23,39,46H,5-6,15-22H2,1-2H3,(H,40,41)(H,42,47). The van der Waals surface area contributed by atoms with E-state index in [1.807, 2.05) is 50.2 Å². The number of para-hydroxylation sites is 1. The topological polar surface area (TPSA) is 140 Å². The van der Waals surface area contributed by atoms with Gasteiger partial charge in [-0.15, -0.1) is 0 Å². The minimum absolute atomic E-state index is 0.0725. The van der Waals surface area contributed by atoms with E-state index in [0.29, 0.717) is 33.7 Å². The Morgan fingerprint density at radius 1 is 0.857 bits per heavy atom. The Hall–Kier alpha value is -5.26. The number of nitrogens with zero attached hydrogens (tertiary/aromatic N) is 4. The molecule has 7 rings (SSSR count). The third kappa shape index (κ3) is 6.47. The smallest absolute Gasteiger partial charge is 0.280 e. The molecular weight excluding hydrogens is 618 g/mol. The lowest BCUT2D eigenvalue weighted by Gasteiger charge is -2.34. The Kier molecular flexibility index (Phi) is 9.03. The SMILES string of the molecule is Cc1ccc([N+](=O)[O-])c2c(NCCCN3CCN(CCCNc4ccc(C)c5[nH]c6ccc(O)cc6c(=O)c45)CC3)c3ccccc3nc12. The fraction of sp³-hybridized carbons (Fsp3) is 0.316. The summed E-state index contributed by atoms with van der Waals surface area (Å²) >= 11 is 0. The lowest BCUT2D eigenvalue weighted by molar-refractivity contribution is -0.383. The number of benzene rings is 4. The monoisotopic (exact) mass is 659 g/mol. The van der Waals surface area contributed by atoms with Gasteiger partial charge < -0.3 is 30.5 Å². The van der Waals surface area contributed by atoms with Crippen molar-refractivity contribution in [2.24, 2.45) is 0 Å². The molecular formula is C38H41N7O4. The highest BCUT2D eigenvalue weighted by Crippen LogP contribution is 2.38. The second kappa shape index (κ2) is 13.7. The number of piperazine rings is 1. The van der Waals surface area contributed by atoms with Gasteiger partial charge >= 0.3 is 0 Å². The van der Waals surface area contributed by atoms with Crippen molar-refractivity contribution in [3.63, 3.8) is 0 Å². The summed E-state index contributed by atoms with van der Waals surface area (Å²) in [6, 6.07) is 20.0. The van der Waals surface area contributed by atoms with Crippen molar-refractivity contribution in [1.29, 1.82) is 0 Å². The molecule has 11 nitrogen and oxygen atoms in total. The van der Waals surface area contributed by atoms with E-state index < -0.39 is 0 Å². The summed E-state index contributed by atoms with van der Waals surface area (Å²) in [7, 11) is 0. The summed E-state index contributed by atoms with van der Waals surface area (Å²) in [6.07, 6.45) is 1.87. The predicted octanol–water partition coefficient (Wildman–Crippen LogP) is 6.54. The van der Waals surface area contributed by atoms with E-state index in [0.717, 1.165) is 97.6 Å². The zero-order valence-electron chi connectivity index (χ0n) is 27.9. The van der Waals surface area contributed by atoms with Gasteiger partial charge in [-0.25, -0.2) is 4.98 Å². The lowest BCUT2D eigenvalue weighted by Crippen LogP contribution is -2.47. The van der Waals surface area contributed by atoms with E-state index in [4.69, 9.17) is 4.98 Å². The highest BCUT2D eigenvalue weighted by Gasteiger charge is 2.21. The Morgan fingerprint density at radius 2 is 1.55 bits per heavy atom. The van der Waals surface area contributed by atoms with Gasteiger partial charge in [0.05, 0.1) is 38.1 Å². The number of fused-ring (bicyclic) bond motifs is 4. The molecule has 3 heterocycles. The summed E-state index contributed by atoms with van der Waals surface area (Å²) in [6.45, 7) is 11.3.